The maximum Gasteiger partial charge on any atom is 0.316 e. The summed E-state index contributed by atoms with van der Waals surface area (Å²) in [6.07, 6.45) is 16.9. The van der Waals surface area contributed by atoms with Crippen molar-refractivity contribution in [2.24, 2.45) is 11.8 Å². The first-order valence-corrected chi connectivity index (χ1v) is 11.9. The molecule has 27 heavy (non-hydrogen) atoms. The van der Waals surface area contributed by atoms with Crippen LogP contribution in [0.3, 0.4) is 0 Å². The average molecular weight is 383 g/mol. The summed E-state index contributed by atoms with van der Waals surface area (Å²) in [5.41, 5.74) is 0. The lowest BCUT2D eigenvalue weighted by molar-refractivity contribution is -0.166. The Labute approximate surface area is 169 Å². The third-order valence-electron chi connectivity index (χ3n) is 5.49. The molecule has 0 amide bonds. The molecule has 0 aromatic heterocycles. The molecule has 0 rings (SSSR count). The number of esters is 2. The van der Waals surface area contributed by atoms with Gasteiger partial charge in [-0.3, -0.25) is 9.59 Å². The lowest BCUT2D eigenvalue weighted by atomic mass is 9.94. The maximum atomic E-state index is 12.6. The molecule has 0 aromatic carbocycles. The fraction of sp³-hybridized carbons (Fsp3) is 0.917. The molecule has 0 saturated carbocycles. The van der Waals surface area contributed by atoms with Crippen molar-refractivity contribution < 1.29 is 14.3 Å². The molecule has 0 saturated heterocycles. The van der Waals surface area contributed by atoms with Crippen LogP contribution in [0.25, 0.3) is 0 Å². The predicted molar refractivity (Wildman–Crippen MR) is 115 cm³/mol. The smallest absolute Gasteiger partial charge is 0.316 e. The van der Waals surface area contributed by atoms with Crippen LogP contribution in [0.2, 0.25) is 0 Å². The van der Waals surface area contributed by atoms with Gasteiger partial charge in [-0.25, -0.2) is 0 Å². The van der Waals surface area contributed by atoms with Gasteiger partial charge in [0, 0.05) is 0 Å². The number of hydrogen-bond donors (Lipinski definition) is 0. The third kappa shape index (κ3) is 13.9. The summed E-state index contributed by atoms with van der Waals surface area (Å²) >= 11 is 0. The van der Waals surface area contributed by atoms with Crippen molar-refractivity contribution in [3.05, 3.63) is 0 Å². The highest BCUT2D eigenvalue weighted by Crippen LogP contribution is 2.23. The van der Waals surface area contributed by atoms with Gasteiger partial charge in [-0.1, -0.05) is 105 Å². The Morgan fingerprint density at radius 3 is 1.19 bits per heavy atom. The highest BCUT2D eigenvalue weighted by atomic mass is 16.6. The molecular formula is C24H46O3. The van der Waals surface area contributed by atoms with Gasteiger partial charge >= 0.3 is 11.9 Å². The standard InChI is InChI=1S/C24H46O3/c1-5-9-13-15-19-21(17-11-7-3)23(25)27-24(26)22(18-12-8-4)20-16-14-10-6-2/h21-22H,5-20H2,1-4H3. The van der Waals surface area contributed by atoms with E-state index in [0.717, 1.165) is 77.0 Å². The molecule has 0 fully saturated rings. The van der Waals surface area contributed by atoms with Crippen LogP contribution in [0.4, 0.5) is 0 Å². The summed E-state index contributed by atoms with van der Waals surface area (Å²) in [7, 11) is 0. The molecule has 0 bridgehead atoms. The third-order valence-corrected chi connectivity index (χ3v) is 5.49. The molecule has 0 radical (unpaired) electrons. The summed E-state index contributed by atoms with van der Waals surface area (Å²) in [6, 6.07) is 0. The van der Waals surface area contributed by atoms with Crippen molar-refractivity contribution in [3.8, 4) is 0 Å². The van der Waals surface area contributed by atoms with E-state index in [-0.39, 0.29) is 23.8 Å². The molecule has 160 valence electrons. The van der Waals surface area contributed by atoms with E-state index in [4.69, 9.17) is 4.74 Å². The second kappa shape index (κ2) is 18.5. The molecule has 0 N–H and O–H groups in total. The van der Waals surface area contributed by atoms with Gasteiger partial charge in [-0.05, 0) is 25.7 Å². The van der Waals surface area contributed by atoms with Crippen molar-refractivity contribution in [1.82, 2.24) is 0 Å². The topological polar surface area (TPSA) is 43.4 Å². The Bertz CT molecular complexity index is 331. The quantitative estimate of drug-likeness (QED) is 0.139. The van der Waals surface area contributed by atoms with E-state index in [9.17, 15) is 9.59 Å². The van der Waals surface area contributed by atoms with Crippen molar-refractivity contribution >= 4 is 11.9 Å². The fourth-order valence-corrected chi connectivity index (χ4v) is 3.56. The minimum absolute atomic E-state index is 0.0994. The van der Waals surface area contributed by atoms with Crippen molar-refractivity contribution in [2.45, 2.75) is 130 Å². The van der Waals surface area contributed by atoms with Gasteiger partial charge in [0.2, 0.25) is 0 Å². The van der Waals surface area contributed by atoms with E-state index < -0.39 is 0 Å². The monoisotopic (exact) mass is 382 g/mol. The second-order valence-electron chi connectivity index (χ2n) is 8.12. The zero-order valence-electron chi connectivity index (χ0n) is 18.7. The van der Waals surface area contributed by atoms with Gasteiger partial charge in [0.15, 0.2) is 0 Å². The molecule has 0 heterocycles. The zero-order valence-corrected chi connectivity index (χ0v) is 18.7. The summed E-state index contributed by atoms with van der Waals surface area (Å²) in [5.74, 6) is -0.727. The van der Waals surface area contributed by atoms with Gasteiger partial charge in [0.05, 0.1) is 11.8 Å². The Morgan fingerprint density at radius 1 is 0.519 bits per heavy atom. The molecule has 0 aliphatic heterocycles. The Balaban J connectivity index is 4.61. The van der Waals surface area contributed by atoms with E-state index in [1.165, 1.54) is 25.7 Å². The lowest BCUT2D eigenvalue weighted by Crippen LogP contribution is -2.26. The predicted octanol–water partition coefficient (Wildman–Crippen LogP) is 7.61. The normalized spacial score (nSPS) is 13.3. The van der Waals surface area contributed by atoms with E-state index in [1.807, 2.05) is 0 Å². The second-order valence-corrected chi connectivity index (χ2v) is 8.12. The Kier molecular flexibility index (Phi) is 17.9. The van der Waals surface area contributed by atoms with E-state index in [1.54, 1.807) is 0 Å². The fourth-order valence-electron chi connectivity index (χ4n) is 3.56. The summed E-state index contributed by atoms with van der Waals surface area (Å²) < 4.78 is 5.40. The number of carbonyl (C=O) groups excluding carboxylic acids is 2. The molecule has 0 aliphatic rings. The average Bonchev–Trinajstić information content (AvgIpc) is 2.66. The first-order chi connectivity index (χ1) is 13.1. The number of rotatable bonds is 18. The van der Waals surface area contributed by atoms with Crippen molar-refractivity contribution in [2.75, 3.05) is 0 Å². The molecular weight excluding hydrogens is 336 g/mol. The summed E-state index contributed by atoms with van der Waals surface area (Å²) in [6.45, 7) is 8.67. The molecule has 0 spiro atoms. The van der Waals surface area contributed by atoms with Gasteiger partial charge in [-0.15, -0.1) is 0 Å². The molecule has 3 heteroatoms. The minimum atomic E-state index is -0.264. The molecule has 0 aliphatic carbocycles. The number of carbonyl (C=O) groups is 2. The van der Waals surface area contributed by atoms with Crippen LogP contribution in [-0.4, -0.2) is 11.9 Å². The van der Waals surface area contributed by atoms with Crippen molar-refractivity contribution in [1.29, 1.82) is 0 Å². The van der Waals surface area contributed by atoms with E-state index >= 15 is 0 Å². The SMILES string of the molecule is CCCCCCC(CCCC)C(=O)OC(=O)C(CCCC)CCCCCC. The molecule has 0 aromatic rings. The van der Waals surface area contributed by atoms with Crippen molar-refractivity contribution in [3.63, 3.8) is 0 Å². The van der Waals surface area contributed by atoms with Crippen LogP contribution in [0.1, 0.15) is 130 Å². The lowest BCUT2D eigenvalue weighted by Gasteiger charge is -2.18. The maximum absolute atomic E-state index is 12.6. The largest absolute Gasteiger partial charge is 0.393 e. The van der Waals surface area contributed by atoms with Crippen LogP contribution >= 0.6 is 0 Å². The highest BCUT2D eigenvalue weighted by molar-refractivity contribution is 5.87. The number of unbranched alkanes of at least 4 members (excludes halogenated alkanes) is 8. The zero-order chi connectivity index (χ0) is 20.3. The van der Waals surface area contributed by atoms with E-state index in [0.29, 0.717) is 0 Å². The van der Waals surface area contributed by atoms with Crippen LogP contribution < -0.4 is 0 Å². The highest BCUT2D eigenvalue weighted by Gasteiger charge is 2.26. The van der Waals surface area contributed by atoms with Gasteiger partial charge in [0.25, 0.3) is 0 Å². The molecule has 2 atom stereocenters. The minimum Gasteiger partial charge on any atom is -0.393 e. The molecule has 3 nitrogen and oxygen atoms in total. The Hall–Kier alpha value is -0.860. The van der Waals surface area contributed by atoms with Crippen LogP contribution in [0.5, 0.6) is 0 Å². The first-order valence-electron chi connectivity index (χ1n) is 11.9. The summed E-state index contributed by atoms with van der Waals surface area (Å²) in [4.78, 5) is 25.3. The van der Waals surface area contributed by atoms with Gasteiger partial charge in [-0.2, -0.15) is 0 Å². The first kappa shape index (κ1) is 26.1. The van der Waals surface area contributed by atoms with E-state index in [2.05, 4.69) is 27.7 Å². The van der Waals surface area contributed by atoms with Gasteiger partial charge in [0.1, 0.15) is 0 Å². The summed E-state index contributed by atoms with van der Waals surface area (Å²) in [5, 5.41) is 0. The number of hydrogen-bond acceptors (Lipinski definition) is 3. The Morgan fingerprint density at radius 2 is 0.852 bits per heavy atom. The van der Waals surface area contributed by atoms with Gasteiger partial charge < -0.3 is 4.74 Å². The van der Waals surface area contributed by atoms with Crippen LogP contribution in [0, 0.1) is 11.8 Å². The van der Waals surface area contributed by atoms with Crippen LogP contribution in [-0.2, 0) is 14.3 Å². The number of ether oxygens (including phenoxy) is 1. The molecule has 2 unspecified atom stereocenters. The van der Waals surface area contributed by atoms with Crippen LogP contribution in [0.15, 0.2) is 0 Å².